The topological polar surface area (TPSA) is 58.9 Å². The zero-order valence-corrected chi connectivity index (χ0v) is 16.6. The predicted molar refractivity (Wildman–Crippen MR) is 105 cm³/mol. The van der Waals surface area contributed by atoms with E-state index in [-0.39, 0.29) is 6.04 Å². The molecule has 1 aliphatic rings. The molecule has 1 fully saturated rings. The van der Waals surface area contributed by atoms with E-state index in [0.29, 0.717) is 0 Å². The molecule has 0 unspecified atom stereocenters. The lowest BCUT2D eigenvalue weighted by Crippen LogP contribution is -2.29. The molecule has 0 aromatic carbocycles. The molecule has 3 rings (SSSR count). The Bertz CT molecular complexity index is 715. The predicted octanol–water partition coefficient (Wildman–Crippen LogP) is 3.45. The minimum atomic E-state index is 0.201. The summed E-state index contributed by atoms with van der Waals surface area (Å²) in [5, 5.41) is 3.57. The molecule has 1 atom stereocenters. The van der Waals surface area contributed by atoms with E-state index >= 15 is 0 Å². The molecule has 0 saturated carbocycles. The Morgan fingerprint density at radius 1 is 1.04 bits per heavy atom. The van der Waals surface area contributed by atoms with Crippen molar-refractivity contribution in [2.24, 2.45) is 7.05 Å². The fourth-order valence-electron chi connectivity index (χ4n) is 3.57. The number of nitrogens with zero attached hydrogens (tertiary/aromatic N) is 5. The quantitative estimate of drug-likeness (QED) is 0.889. The Hall–Kier alpha value is -1.95. The Balaban J connectivity index is 1.65. The highest BCUT2D eigenvalue weighted by atomic mass is 15.2. The third-order valence-electron chi connectivity index (χ3n) is 5.52. The van der Waals surface area contributed by atoms with E-state index in [9.17, 15) is 0 Å². The largest absolute Gasteiger partial charge is 0.341 e. The first-order valence-corrected chi connectivity index (χ1v) is 9.85. The molecule has 0 radical (unpaired) electrons. The van der Waals surface area contributed by atoms with Crippen molar-refractivity contribution in [3.63, 3.8) is 0 Å². The maximum Gasteiger partial charge on any atom is 0.225 e. The Labute approximate surface area is 157 Å². The molecule has 0 amide bonds. The lowest BCUT2D eigenvalue weighted by Gasteiger charge is -2.25. The first kappa shape index (κ1) is 18.8. The summed E-state index contributed by atoms with van der Waals surface area (Å²) in [7, 11) is 2.05. The third kappa shape index (κ3) is 4.41. The molecule has 26 heavy (non-hydrogen) atoms. The van der Waals surface area contributed by atoms with Gasteiger partial charge in [-0.2, -0.15) is 0 Å². The monoisotopic (exact) mass is 356 g/mol. The van der Waals surface area contributed by atoms with Crippen LogP contribution in [0.5, 0.6) is 0 Å². The zero-order valence-electron chi connectivity index (χ0n) is 16.6. The van der Waals surface area contributed by atoms with Crippen LogP contribution in [0, 0.1) is 13.8 Å². The number of hydrogen-bond acceptors (Lipinski definition) is 5. The van der Waals surface area contributed by atoms with Crippen LogP contribution in [0.15, 0.2) is 12.4 Å². The van der Waals surface area contributed by atoms with Crippen LogP contribution in [0.3, 0.4) is 0 Å². The molecule has 142 valence electrons. The Morgan fingerprint density at radius 3 is 2.35 bits per heavy atom. The molecule has 1 saturated heterocycles. The molecule has 3 heterocycles. The van der Waals surface area contributed by atoms with Gasteiger partial charge in [0, 0.05) is 56.4 Å². The smallest absolute Gasteiger partial charge is 0.225 e. The van der Waals surface area contributed by atoms with Crippen molar-refractivity contribution in [1.29, 1.82) is 0 Å². The van der Waals surface area contributed by atoms with E-state index in [2.05, 4.69) is 40.7 Å². The van der Waals surface area contributed by atoms with E-state index in [1.54, 1.807) is 0 Å². The molecular weight excluding hydrogens is 324 g/mol. The molecule has 2 aromatic heterocycles. The van der Waals surface area contributed by atoms with Crippen molar-refractivity contribution in [3.05, 3.63) is 35.2 Å². The molecule has 1 N–H and O–H groups in total. The second kappa shape index (κ2) is 8.62. The van der Waals surface area contributed by atoms with Gasteiger partial charge in [-0.05, 0) is 33.6 Å². The summed E-state index contributed by atoms with van der Waals surface area (Å²) in [5.74, 6) is 1.93. The normalized spacial score (nSPS) is 17.0. The van der Waals surface area contributed by atoms with E-state index in [0.717, 1.165) is 37.1 Å². The maximum atomic E-state index is 4.82. The maximum absolute atomic E-state index is 4.82. The minimum absolute atomic E-state index is 0.201. The second-order valence-corrected chi connectivity index (χ2v) is 7.42. The molecule has 2 aromatic rings. The van der Waals surface area contributed by atoms with Crippen LogP contribution in [0.1, 0.15) is 67.8 Å². The first-order valence-electron chi connectivity index (χ1n) is 9.85. The summed E-state index contributed by atoms with van der Waals surface area (Å²) in [6.45, 7) is 9.22. The highest BCUT2D eigenvalue weighted by Crippen LogP contribution is 2.20. The highest BCUT2D eigenvalue weighted by molar-refractivity contribution is 5.34. The van der Waals surface area contributed by atoms with Crippen LogP contribution in [-0.4, -0.2) is 32.6 Å². The molecule has 6 nitrogen and oxygen atoms in total. The third-order valence-corrected chi connectivity index (χ3v) is 5.52. The summed E-state index contributed by atoms with van der Waals surface area (Å²) in [6, 6.07) is 0.201. The van der Waals surface area contributed by atoms with Crippen molar-refractivity contribution in [3.8, 4) is 0 Å². The van der Waals surface area contributed by atoms with Crippen LogP contribution in [-0.2, 0) is 13.6 Å². The van der Waals surface area contributed by atoms with Crippen molar-refractivity contribution < 1.29 is 0 Å². The standard InChI is InChI=1S/C20H32N6/c1-15(21-12-18-13-22-17(3)25(18)4)19-14-23-20(24-16(19)2)26-10-8-6-5-7-9-11-26/h13-15,21H,5-12H2,1-4H3/t15-/m1/s1. The number of imidazole rings is 1. The number of aryl methyl sites for hydroxylation is 2. The van der Waals surface area contributed by atoms with Crippen LogP contribution in [0.4, 0.5) is 5.95 Å². The summed E-state index contributed by atoms with van der Waals surface area (Å²) in [5.41, 5.74) is 3.42. The zero-order chi connectivity index (χ0) is 18.5. The fraction of sp³-hybridized carbons (Fsp3) is 0.650. The van der Waals surface area contributed by atoms with Crippen LogP contribution in [0.25, 0.3) is 0 Å². The van der Waals surface area contributed by atoms with Gasteiger partial charge in [-0.3, -0.25) is 0 Å². The number of anilines is 1. The van der Waals surface area contributed by atoms with Crippen LogP contribution < -0.4 is 10.2 Å². The van der Waals surface area contributed by atoms with Crippen molar-refractivity contribution in [1.82, 2.24) is 24.8 Å². The lowest BCUT2D eigenvalue weighted by molar-refractivity contribution is 0.542. The van der Waals surface area contributed by atoms with Crippen molar-refractivity contribution in [2.75, 3.05) is 18.0 Å². The molecule has 0 spiro atoms. The summed E-state index contributed by atoms with van der Waals surface area (Å²) in [6.07, 6.45) is 10.4. The molecule has 6 heteroatoms. The van der Waals surface area contributed by atoms with E-state index < -0.39 is 0 Å². The van der Waals surface area contributed by atoms with E-state index in [1.165, 1.54) is 43.4 Å². The van der Waals surface area contributed by atoms with Gasteiger partial charge in [-0.25, -0.2) is 15.0 Å². The Morgan fingerprint density at radius 2 is 1.73 bits per heavy atom. The number of rotatable bonds is 5. The summed E-state index contributed by atoms with van der Waals surface area (Å²) >= 11 is 0. The number of aromatic nitrogens is 4. The van der Waals surface area contributed by atoms with Gasteiger partial charge in [-0.15, -0.1) is 0 Å². The van der Waals surface area contributed by atoms with Gasteiger partial charge in [-0.1, -0.05) is 19.3 Å². The number of hydrogen-bond donors (Lipinski definition) is 1. The fourth-order valence-corrected chi connectivity index (χ4v) is 3.57. The van der Waals surface area contributed by atoms with E-state index in [4.69, 9.17) is 9.97 Å². The molecule has 0 aliphatic carbocycles. The van der Waals surface area contributed by atoms with Gasteiger partial charge in [0.05, 0.1) is 5.69 Å². The van der Waals surface area contributed by atoms with Gasteiger partial charge in [0.2, 0.25) is 5.95 Å². The SMILES string of the molecule is Cc1nc(N2CCCCCCC2)ncc1[C@@H](C)NCc1cnc(C)n1C. The average Bonchev–Trinajstić information content (AvgIpc) is 2.91. The average molecular weight is 357 g/mol. The van der Waals surface area contributed by atoms with Gasteiger partial charge in [0.1, 0.15) is 5.82 Å². The van der Waals surface area contributed by atoms with Crippen LogP contribution in [0.2, 0.25) is 0 Å². The lowest BCUT2D eigenvalue weighted by atomic mass is 10.1. The first-order chi connectivity index (χ1) is 12.6. The number of nitrogens with one attached hydrogen (secondary N) is 1. The van der Waals surface area contributed by atoms with Gasteiger partial charge in [0.25, 0.3) is 0 Å². The van der Waals surface area contributed by atoms with Crippen LogP contribution >= 0.6 is 0 Å². The summed E-state index contributed by atoms with van der Waals surface area (Å²) in [4.78, 5) is 16.2. The highest BCUT2D eigenvalue weighted by Gasteiger charge is 2.16. The molecular formula is C20H32N6. The second-order valence-electron chi connectivity index (χ2n) is 7.42. The molecule has 1 aliphatic heterocycles. The van der Waals surface area contributed by atoms with Gasteiger partial charge in [0.15, 0.2) is 0 Å². The summed E-state index contributed by atoms with van der Waals surface area (Å²) < 4.78 is 2.12. The molecule has 0 bridgehead atoms. The van der Waals surface area contributed by atoms with Gasteiger partial charge < -0.3 is 14.8 Å². The van der Waals surface area contributed by atoms with E-state index in [1.807, 2.05) is 19.3 Å². The van der Waals surface area contributed by atoms with Crippen molar-refractivity contribution >= 4 is 5.95 Å². The minimum Gasteiger partial charge on any atom is -0.341 e. The van der Waals surface area contributed by atoms with Gasteiger partial charge >= 0.3 is 0 Å². The van der Waals surface area contributed by atoms with Crippen molar-refractivity contribution in [2.45, 2.75) is 65.5 Å². The Kier molecular flexibility index (Phi) is 6.25.